The van der Waals surface area contributed by atoms with Crippen LogP contribution in [0.15, 0.2) is 66.3 Å². The van der Waals surface area contributed by atoms with Crippen LogP contribution in [0, 0.1) is 22.0 Å². The summed E-state index contributed by atoms with van der Waals surface area (Å²) in [6.07, 6.45) is 0.776. The molecular formula is C34H42N4O8. The number of hydrogen-bond donors (Lipinski definition) is 2. The minimum atomic E-state index is -0.899. The predicted octanol–water partition coefficient (Wildman–Crippen LogP) is 4.19. The highest BCUT2D eigenvalue weighted by atomic mass is 16.6. The Morgan fingerprint density at radius 1 is 1.13 bits per heavy atom. The highest BCUT2D eigenvalue weighted by Gasteiger charge is 2.34. The van der Waals surface area contributed by atoms with Gasteiger partial charge in [0.2, 0.25) is 17.7 Å². The fourth-order valence-electron chi connectivity index (χ4n) is 5.37. The van der Waals surface area contributed by atoms with E-state index in [1.165, 1.54) is 18.0 Å². The smallest absolute Gasteiger partial charge is 0.326 e. The van der Waals surface area contributed by atoms with Crippen LogP contribution in [0.5, 0.6) is 5.75 Å². The molecule has 4 atom stereocenters. The summed E-state index contributed by atoms with van der Waals surface area (Å²) < 4.78 is 11.9. The van der Waals surface area contributed by atoms with Gasteiger partial charge in [0.1, 0.15) is 37.1 Å². The highest BCUT2D eigenvalue weighted by molar-refractivity contribution is 5.93. The Morgan fingerprint density at radius 3 is 2.46 bits per heavy atom. The average Bonchev–Trinajstić information content (AvgIpc) is 3.00. The Hall–Kier alpha value is -5.00. The molecule has 1 aliphatic heterocycles. The zero-order valence-corrected chi connectivity index (χ0v) is 27.1. The minimum Gasteiger partial charge on any atom is -0.488 e. The van der Waals surface area contributed by atoms with Crippen molar-refractivity contribution in [1.29, 1.82) is 0 Å². The number of ether oxygens (including phenoxy) is 2. The standard InChI is InChI=1S/C34H42N4O8/c1-20(2)31-33(41)35-18-30(40)46-32(23(5)21(3)17-29(39)36-24(6)34(42)37(31)7)22(4)16-25-12-9-11-15-28(25)45-19-26-13-8-10-14-27(26)38(43)44/h8-16,20,23-24,31-32H,3,17-19H2,1-2,4-7H3,(H,35,41)(H,36,39)/b22-16+/t23-,24+,31+,32+/m1/s1. The van der Waals surface area contributed by atoms with Gasteiger partial charge < -0.3 is 25.0 Å². The summed E-state index contributed by atoms with van der Waals surface area (Å²) in [6.45, 7) is 12.2. The number of amides is 3. The summed E-state index contributed by atoms with van der Waals surface area (Å²) in [5.74, 6) is -2.49. The molecule has 2 aromatic rings. The monoisotopic (exact) mass is 634 g/mol. The molecule has 1 fully saturated rings. The first kappa shape index (κ1) is 35.5. The molecule has 12 heteroatoms. The first-order valence-electron chi connectivity index (χ1n) is 15.0. The molecule has 1 aliphatic rings. The third-order valence-corrected chi connectivity index (χ3v) is 7.89. The number of para-hydroxylation sites is 2. The highest BCUT2D eigenvalue weighted by Crippen LogP contribution is 2.30. The van der Waals surface area contributed by atoms with Crippen molar-refractivity contribution in [2.45, 2.75) is 65.8 Å². The van der Waals surface area contributed by atoms with E-state index in [-0.39, 0.29) is 24.6 Å². The normalized spacial score (nSPS) is 22.4. The average molecular weight is 635 g/mol. The van der Waals surface area contributed by atoms with Crippen molar-refractivity contribution in [2.75, 3.05) is 13.6 Å². The number of hydrogen-bond acceptors (Lipinski definition) is 8. The van der Waals surface area contributed by atoms with Gasteiger partial charge in [-0.3, -0.25) is 29.3 Å². The van der Waals surface area contributed by atoms with Crippen LogP contribution in [0.3, 0.4) is 0 Å². The van der Waals surface area contributed by atoms with Gasteiger partial charge in [-0.25, -0.2) is 0 Å². The number of carbonyl (C=O) groups excluding carboxylic acids is 4. The quantitative estimate of drug-likeness (QED) is 0.199. The number of benzene rings is 2. The summed E-state index contributed by atoms with van der Waals surface area (Å²) in [6, 6.07) is 11.6. The van der Waals surface area contributed by atoms with Gasteiger partial charge in [-0.1, -0.05) is 63.3 Å². The number of nitrogens with one attached hydrogen (secondary N) is 2. The molecule has 0 bridgehead atoms. The Bertz CT molecular complexity index is 1520. The second-order valence-corrected chi connectivity index (χ2v) is 11.8. The zero-order chi connectivity index (χ0) is 34.1. The van der Waals surface area contributed by atoms with E-state index in [0.717, 1.165) is 0 Å². The maximum atomic E-state index is 13.1. The SMILES string of the molecule is C=C1CC(=O)N[C@@H](C)C(=O)N(C)[C@@H](C(C)C)C(=O)NCC(=O)O[C@@H](/C(C)=C/c2ccccc2OCc2ccccc2[N+](=O)[O-])[C@@H]1C. The van der Waals surface area contributed by atoms with Crippen LogP contribution in [0.1, 0.15) is 52.2 Å². The molecule has 0 aromatic heterocycles. The molecule has 3 rings (SSSR count). The molecule has 246 valence electrons. The van der Waals surface area contributed by atoms with Crippen LogP contribution in [0.25, 0.3) is 6.08 Å². The molecule has 2 N–H and O–H groups in total. The molecular weight excluding hydrogens is 592 g/mol. The molecule has 0 unspecified atom stereocenters. The van der Waals surface area contributed by atoms with E-state index >= 15 is 0 Å². The molecule has 1 heterocycles. The summed E-state index contributed by atoms with van der Waals surface area (Å²) in [5, 5.41) is 16.7. The minimum absolute atomic E-state index is 0.0467. The van der Waals surface area contributed by atoms with Gasteiger partial charge in [0.25, 0.3) is 5.69 Å². The second-order valence-electron chi connectivity index (χ2n) is 11.8. The lowest BCUT2D eigenvalue weighted by molar-refractivity contribution is -0.385. The van der Waals surface area contributed by atoms with Crippen LogP contribution in [0.2, 0.25) is 0 Å². The van der Waals surface area contributed by atoms with E-state index in [1.54, 1.807) is 83.2 Å². The Morgan fingerprint density at radius 2 is 1.78 bits per heavy atom. The fourth-order valence-corrected chi connectivity index (χ4v) is 5.37. The summed E-state index contributed by atoms with van der Waals surface area (Å²) >= 11 is 0. The maximum absolute atomic E-state index is 13.1. The molecule has 3 amide bonds. The topological polar surface area (TPSA) is 157 Å². The number of nitrogens with zero attached hydrogens (tertiary/aromatic N) is 2. The van der Waals surface area contributed by atoms with Crippen LogP contribution < -0.4 is 15.4 Å². The van der Waals surface area contributed by atoms with Gasteiger partial charge in [-0.15, -0.1) is 0 Å². The molecule has 1 saturated heterocycles. The zero-order valence-electron chi connectivity index (χ0n) is 27.1. The fraction of sp³-hybridized carbons (Fsp3) is 0.412. The number of cyclic esters (lactones) is 1. The molecule has 0 radical (unpaired) electrons. The molecule has 0 saturated carbocycles. The lowest BCUT2D eigenvalue weighted by Crippen LogP contribution is -2.55. The van der Waals surface area contributed by atoms with E-state index in [1.807, 2.05) is 0 Å². The van der Waals surface area contributed by atoms with Crippen LogP contribution in [-0.4, -0.2) is 65.3 Å². The Labute approximate surface area is 269 Å². The van der Waals surface area contributed by atoms with Gasteiger partial charge in [-0.05, 0) is 43.5 Å². The molecule has 0 spiro atoms. The van der Waals surface area contributed by atoms with E-state index in [9.17, 15) is 29.3 Å². The van der Waals surface area contributed by atoms with E-state index in [0.29, 0.717) is 28.0 Å². The summed E-state index contributed by atoms with van der Waals surface area (Å²) in [5.41, 5.74) is 2.05. The van der Waals surface area contributed by atoms with Crippen molar-refractivity contribution in [2.24, 2.45) is 11.8 Å². The van der Waals surface area contributed by atoms with Crippen molar-refractivity contribution in [3.63, 3.8) is 0 Å². The molecule has 0 aliphatic carbocycles. The van der Waals surface area contributed by atoms with E-state index in [4.69, 9.17) is 9.47 Å². The number of likely N-dealkylation sites (N-methyl/N-ethyl adjacent to an activating group) is 1. The predicted molar refractivity (Wildman–Crippen MR) is 172 cm³/mol. The largest absolute Gasteiger partial charge is 0.488 e. The number of nitro groups is 1. The van der Waals surface area contributed by atoms with E-state index in [2.05, 4.69) is 17.2 Å². The van der Waals surface area contributed by atoms with Gasteiger partial charge in [0, 0.05) is 31.0 Å². The number of esters is 1. The van der Waals surface area contributed by atoms with E-state index < -0.39 is 59.3 Å². The van der Waals surface area contributed by atoms with Crippen molar-refractivity contribution in [3.05, 3.63) is 87.5 Å². The lowest BCUT2D eigenvalue weighted by atomic mass is 9.88. The van der Waals surface area contributed by atoms with Crippen molar-refractivity contribution in [1.82, 2.24) is 15.5 Å². The number of nitro benzene ring substituents is 1. The molecule has 46 heavy (non-hydrogen) atoms. The number of rotatable bonds is 7. The van der Waals surface area contributed by atoms with Crippen molar-refractivity contribution < 1.29 is 33.6 Å². The summed E-state index contributed by atoms with van der Waals surface area (Å²) in [7, 11) is 1.49. The Balaban J connectivity index is 1.93. The second kappa shape index (κ2) is 15.8. The Kier molecular flexibility index (Phi) is 12.2. The lowest BCUT2D eigenvalue weighted by Gasteiger charge is -2.32. The van der Waals surface area contributed by atoms with Gasteiger partial charge in [0.15, 0.2) is 0 Å². The maximum Gasteiger partial charge on any atom is 0.326 e. The van der Waals surface area contributed by atoms with Gasteiger partial charge in [0.05, 0.1) is 10.5 Å². The third kappa shape index (κ3) is 9.02. The molecule has 2 aromatic carbocycles. The van der Waals surface area contributed by atoms with Crippen molar-refractivity contribution >= 4 is 35.5 Å². The van der Waals surface area contributed by atoms with Crippen LogP contribution in [0.4, 0.5) is 5.69 Å². The van der Waals surface area contributed by atoms with Gasteiger partial charge in [-0.2, -0.15) is 0 Å². The van der Waals surface area contributed by atoms with Crippen molar-refractivity contribution in [3.8, 4) is 5.75 Å². The number of carbonyl (C=O) groups is 4. The van der Waals surface area contributed by atoms with Crippen LogP contribution >= 0.6 is 0 Å². The van der Waals surface area contributed by atoms with Gasteiger partial charge >= 0.3 is 5.97 Å². The summed E-state index contributed by atoms with van der Waals surface area (Å²) in [4.78, 5) is 64.5. The first-order valence-corrected chi connectivity index (χ1v) is 15.0. The molecule has 12 nitrogen and oxygen atoms in total. The third-order valence-electron chi connectivity index (χ3n) is 7.89. The first-order chi connectivity index (χ1) is 21.7. The van der Waals surface area contributed by atoms with Crippen LogP contribution in [-0.2, 0) is 30.5 Å².